The van der Waals surface area contributed by atoms with E-state index in [2.05, 4.69) is 17.2 Å². The summed E-state index contributed by atoms with van der Waals surface area (Å²) in [5, 5.41) is 18.7. The maximum Gasteiger partial charge on any atom is 0.352 e. The average Bonchev–Trinajstić information content (AvgIpc) is 3.39. The summed E-state index contributed by atoms with van der Waals surface area (Å²) in [5.74, 6) is -0.132. The predicted octanol–water partition coefficient (Wildman–Crippen LogP) is 6.40. The van der Waals surface area contributed by atoms with E-state index in [0.29, 0.717) is 44.2 Å². The van der Waals surface area contributed by atoms with Crippen molar-refractivity contribution in [2.75, 3.05) is 13.2 Å². The van der Waals surface area contributed by atoms with Crippen LogP contribution < -0.4 is 4.74 Å². The lowest BCUT2D eigenvalue weighted by atomic mass is 9.98. The van der Waals surface area contributed by atoms with Crippen LogP contribution in [-0.4, -0.2) is 38.6 Å². The van der Waals surface area contributed by atoms with E-state index >= 15 is 0 Å². The van der Waals surface area contributed by atoms with Gasteiger partial charge in [0.15, 0.2) is 0 Å². The molecule has 1 aliphatic rings. The van der Waals surface area contributed by atoms with Gasteiger partial charge in [0.05, 0.1) is 36.1 Å². The number of hydrogen-bond acceptors (Lipinski definition) is 4. The van der Waals surface area contributed by atoms with Gasteiger partial charge in [-0.25, -0.2) is 4.79 Å². The maximum absolute atomic E-state index is 12.7. The number of aromatic nitrogens is 3. The fourth-order valence-electron chi connectivity index (χ4n) is 5.63. The van der Waals surface area contributed by atoms with Crippen LogP contribution in [0.25, 0.3) is 32.8 Å². The Labute approximate surface area is 225 Å². The van der Waals surface area contributed by atoms with E-state index < -0.39 is 5.97 Å². The van der Waals surface area contributed by atoms with Crippen molar-refractivity contribution in [2.45, 2.75) is 32.9 Å². The number of aromatic carboxylic acids is 1. The van der Waals surface area contributed by atoms with Crippen LogP contribution in [0.1, 0.15) is 33.9 Å². The van der Waals surface area contributed by atoms with Crippen molar-refractivity contribution < 1.29 is 19.4 Å². The molecule has 0 unspecified atom stereocenters. The summed E-state index contributed by atoms with van der Waals surface area (Å²) < 4.78 is 15.8. The van der Waals surface area contributed by atoms with Crippen molar-refractivity contribution in [2.24, 2.45) is 7.05 Å². The van der Waals surface area contributed by atoms with Crippen LogP contribution in [-0.2, 0) is 31.4 Å². The SMILES string of the molecule is Cc1c2c(nn1C)COCCn1c(C(=O)O)c(CCCOc3cccc4ccccc34)c3ccc(Cl)c-2c31. The Hall–Kier alpha value is -3.81. The number of benzene rings is 3. The Balaban J connectivity index is 1.41. The van der Waals surface area contributed by atoms with E-state index in [9.17, 15) is 9.90 Å². The Morgan fingerprint density at radius 3 is 2.76 bits per heavy atom. The number of carboxylic acids is 1. The van der Waals surface area contributed by atoms with E-state index in [1.807, 2.05) is 65.7 Å². The molecule has 0 amide bonds. The molecule has 3 aromatic carbocycles. The molecular weight excluding hydrogens is 502 g/mol. The van der Waals surface area contributed by atoms with Gasteiger partial charge in [-0.1, -0.05) is 54.1 Å². The molecule has 5 aromatic rings. The second-order valence-electron chi connectivity index (χ2n) is 9.62. The normalized spacial score (nSPS) is 13.2. The molecule has 8 heteroatoms. The van der Waals surface area contributed by atoms with Crippen LogP contribution >= 0.6 is 11.6 Å². The number of carboxylic acid groups (broad SMARTS) is 1. The minimum absolute atomic E-state index is 0.280. The maximum atomic E-state index is 12.7. The third kappa shape index (κ3) is 4.03. The van der Waals surface area contributed by atoms with Gasteiger partial charge < -0.3 is 19.1 Å². The molecule has 0 saturated heterocycles. The zero-order valence-electron chi connectivity index (χ0n) is 21.3. The second-order valence-corrected chi connectivity index (χ2v) is 10.0. The van der Waals surface area contributed by atoms with Crippen molar-refractivity contribution >= 4 is 39.2 Å². The largest absolute Gasteiger partial charge is 0.493 e. The fourth-order valence-corrected chi connectivity index (χ4v) is 5.88. The molecule has 38 heavy (non-hydrogen) atoms. The lowest BCUT2D eigenvalue weighted by Crippen LogP contribution is -2.14. The third-order valence-electron chi connectivity index (χ3n) is 7.41. The molecular formula is C30H28ClN3O4. The highest BCUT2D eigenvalue weighted by atomic mass is 35.5. The molecule has 0 spiro atoms. The lowest BCUT2D eigenvalue weighted by Gasteiger charge is -2.12. The van der Waals surface area contributed by atoms with Gasteiger partial charge in [0.2, 0.25) is 0 Å². The molecule has 0 atom stereocenters. The quantitative estimate of drug-likeness (QED) is 0.258. The summed E-state index contributed by atoms with van der Waals surface area (Å²) in [4.78, 5) is 12.7. The fraction of sp³-hybridized carbons (Fsp3) is 0.267. The first-order valence-electron chi connectivity index (χ1n) is 12.7. The number of rotatable bonds is 6. The van der Waals surface area contributed by atoms with Crippen molar-refractivity contribution in [3.05, 3.63) is 82.3 Å². The Morgan fingerprint density at radius 2 is 1.92 bits per heavy atom. The molecule has 3 heterocycles. The zero-order valence-corrected chi connectivity index (χ0v) is 22.1. The average molecular weight is 530 g/mol. The highest BCUT2D eigenvalue weighted by molar-refractivity contribution is 6.35. The summed E-state index contributed by atoms with van der Waals surface area (Å²) in [6, 6.07) is 17.9. The van der Waals surface area contributed by atoms with E-state index in [1.165, 1.54) is 0 Å². The Bertz CT molecular complexity index is 1700. The minimum Gasteiger partial charge on any atom is -0.493 e. The topological polar surface area (TPSA) is 78.5 Å². The summed E-state index contributed by atoms with van der Waals surface area (Å²) in [6.45, 7) is 3.59. The van der Waals surface area contributed by atoms with Gasteiger partial charge in [-0.2, -0.15) is 5.10 Å². The van der Waals surface area contributed by atoms with E-state index in [1.54, 1.807) is 0 Å². The monoisotopic (exact) mass is 529 g/mol. The zero-order chi connectivity index (χ0) is 26.4. The number of fused-ring (bicyclic) bond motifs is 3. The molecule has 2 aromatic heterocycles. The molecule has 1 aliphatic heterocycles. The van der Waals surface area contributed by atoms with Gasteiger partial charge in [0.1, 0.15) is 11.4 Å². The highest BCUT2D eigenvalue weighted by Gasteiger charge is 2.29. The van der Waals surface area contributed by atoms with Gasteiger partial charge in [-0.15, -0.1) is 0 Å². The minimum atomic E-state index is -0.962. The number of ether oxygens (including phenoxy) is 2. The van der Waals surface area contributed by atoms with Crippen LogP contribution in [0.4, 0.5) is 0 Å². The number of hydrogen-bond donors (Lipinski definition) is 1. The summed E-state index contributed by atoms with van der Waals surface area (Å²) in [6.07, 6.45) is 1.21. The number of aryl methyl sites for hydroxylation is 2. The molecule has 7 nitrogen and oxygen atoms in total. The molecule has 194 valence electrons. The van der Waals surface area contributed by atoms with Crippen molar-refractivity contribution in [1.82, 2.24) is 14.3 Å². The number of halogens is 1. The van der Waals surface area contributed by atoms with Crippen LogP contribution in [0, 0.1) is 6.92 Å². The first kappa shape index (κ1) is 24.5. The van der Waals surface area contributed by atoms with Crippen LogP contribution in [0.3, 0.4) is 0 Å². The molecule has 0 saturated carbocycles. The summed E-state index contributed by atoms with van der Waals surface area (Å²) >= 11 is 6.82. The van der Waals surface area contributed by atoms with E-state index in [4.69, 9.17) is 21.1 Å². The van der Waals surface area contributed by atoms with E-state index in [-0.39, 0.29) is 5.69 Å². The third-order valence-corrected chi connectivity index (χ3v) is 7.73. The first-order chi connectivity index (χ1) is 18.5. The second kappa shape index (κ2) is 9.82. The smallest absolute Gasteiger partial charge is 0.352 e. The van der Waals surface area contributed by atoms with Gasteiger partial charge in [-0.05, 0) is 42.8 Å². The van der Waals surface area contributed by atoms with Crippen LogP contribution in [0.5, 0.6) is 5.75 Å². The molecule has 0 aliphatic carbocycles. The van der Waals surface area contributed by atoms with Crippen molar-refractivity contribution in [3.8, 4) is 16.9 Å². The van der Waals surface area contributed by atoms with Gasteiger partial charge in [-0.3, -0.25) is 4.68 Å². The van der Waals surface area contributed by atoms with Gasteiger partial charge in [0.25, 0.3) is 0 Å². The Kier molecular flexibility index (Phi) is 6.33. The van der Waals surface area contributed by atoms with Gasteiger partial charge >= 0.3 is 5.97 Å². The molecule has 0 radical (unpaired) electrons. The summed E-state index contributed by atoms with van der Waals surface area (Å²) in [5.41, 5.74) is 5.37. The van der Waals surface area contributed by atoms with Crippen LogP contribution in [0.15, 0.2) is 54.6 Å². The highest BCUT2D eigenvalue weighted by Crippen LogP contribution is 2.42. The Morgan fingerprint density at radius 1 is 1.11 bits per heavy atom. The molecule has 1 N–H and O–H groups in total. The molecule has 6 rings (SSSR count). The standard InChI is InChI=1S/C30H28ClN3O4/c1-18-26-24(32-33(18)2)17-37-16-14-34-28-22(12-13-23(31)27(26)28)21(29(34)30(35)36)10-6-15-38-25-11-5-8-19-7-3-4-9-20(19)25/h3-5,7-9,11-13H,6,10,14-17H2,1-2H3,(H,35,36). The van der Waals surface area contributed by atoms with E-state index in [0.717, 1.165) is 55.5 Å². The number of carbonyl (C=O) groups is 1. The lowest BCUT2D eigenvalue weighted by molar-refractivity contribution is 0.0677. The number of nitrogens with zero attached hydrogens (tertiary/aromatic N) is 3. The summed E-state index contributed by atoms with van der Waals surface area (Å²) in [7, 11) is 1.89. The van der Waals surface area contributed by atoms with Gasteiger partial charge in [0, 0.05) is 41.2 Å². The predicted molar refractivity (Wildman–Crippen MR) is 148 cm³/mol. The molecule has 0 bridgehead atoms. The van der Waals surface area contributed by atoms with Crippen molar-refractivity contribution in [1.29, 1.82) is 0 Å². The first-order valence-corrected chi connectivity index (χ1v) is 13.1. The van der Waals surface area contributed by atoms with Crippen LogP contribution in [0.2, 0.25) is 5.02 Å². The van der Waals surface area contributed by atoms with Crippen molar-refractivity contribution in [3.63, 3.8) is 0 Å². The molecule has 0 fully saturated rings.